The van der Waals surface area contributed by atoms with Crippen LogP contribution >= 0.6 is 0 Å². The van der Waals surface area contributed by atoms with Gasteiger partial charge in [-0.25, -0.2) is 0 Å². The molecule has 0 spiro atoms. The molecule has 1 aromatic rings. The molecule has 0 aliphatic rings. The molecule has 0 aliphatic heterocycles. The van der Waals surface area contributed by atoms with Crippen molar-refractivity contribution in [2.75, 3.05) is 6.54 Å². The summed E-state index contributed by atoms with van der Waals surface area (Å²) in [5.41, 5.74) is 1.54. The predicted molar refractivity (Wildman–Crippen MR) is 93.2 cm³/mol. The average Bonchev–Trinajstić information content (AvgIpc) is 2.47. The van der Waals surface area contributed by atoms with E-state index in [1.54, 1.807) is 13.8 Å². The van der Waals surface area contributed by atoms with Crippen LogP contribution in [0.3, 0.4) is 0 Å². The fourth-order valence-electron chi connectivity index (χ4n) is 1.99. The first-order chi connectivity index (χ1) is 10.7. The van der Waals surface area contributed by atoms with Gasteiger partial charge in [-0.15, -0.1) is 0 Å². The molecule has 0 bridgehead atoms. The zero-order chi connectivity index (χ0) is 17.5. The molecule has 4 nitrogen and oxygen atoms in total. The molecule has 1 aromatic carbocycles. The molecular weight excluding hydrogens is 290 g/mol. The Kier molecular flexibility index (Phi) is 7.01. The highest BCUT2D eigenvalue weighted by Crippen LogP contribution is 2.19. The number of carboxylic acid groups (broad SMARTS) is 1. The first kappa shape index (κ1) is 18.9. The van der Waals surface area contributed by atoms with Gasteiger partial charge in [0.15, 0.2) is 0 Å². The van der Waals surface area contributed by atoms with Crippen molar-refractivity contribution >= 4 is 18.0 Å². The van der Waals surface area contributed by atoms with Crippen molar-refractivity contribution in [3.63, 3.8) is 0 Å². The first-order valence-electron chi connectivity index (χ1n) is 7.99. The van der Waals surface area contributed by atoms with E-state index in [0.29, 0.717) is 25.3 Å². The lowest BCUT2D eigenvalue weighted by Crippen LogP contribution is -2.31. The van der Waals surface area contributed by atoms with Crippen molar-refractivity contribution in [2.24, 2.45) is 5.41 Å². The number of nitrogens with one attached hydrogen (secondary N) is 1. The third-order valence-electron chi connectivity index (χ3n) is 3.87. The van der Waals surface area contributed by atoms with Gasteiger partial charge in [-0.1, -0.05) is 50.3 Å². The van der Waals surface area contributed by atoms with Gasteiger partial charge in [0.25, 0.3) is 0 Å². The lowest BCUT2D eigenvalue weighted by molar-refractivity contribution is -0.147. The number of aliphatic carboxylic acids is 1. The normalized spacial score (nSPS) is 11.9. The van der Waals surface area contributed by atoms with E-state index in [1.807, 2.05) is 24.3 Å². The van der Waals surface area contributed by atoms with Crippen LogP contribution in [0.4, 0.5) is 0 Å². The lowest BCUT2D eigenvalue weighted by Gasteiger charge is -2.18. The van der Waals surface area contributed by atoms with Crippen molar-refractivity contribution < 1.29 is 14.7 Å². The zero-order valence-electron chi connectivity index (χ0n) is 14.4. The Balaban J connectivity index is 2.37. The van der Waals surface area contributed by atoms with Gasteiger partial charge in [-0.2, -0.15) is 0 Å². The van der Waals surface area contributed by atoms with Crippen molar-refractivity contribution in [1.82, 2.24) is 5.32 Å². The van der Waals surface area contributed by atoms with Gasteiger partial charge in [-0.05, 0) is 37.3 Å². The molecule has 0 aromatic heterocycles. The third-order valence-corrected chi connectivity index (χ3v) is 3.87. The second-order valence-electron chi connectivity index (χ2n) is 6.72. The van der Waals surface area contributed by atoms with Gasteiger partial charge < -0.3 is 10.4 Å². The van der Waals surface area contributed by atoms with E-state index >= 15 is 0 Å². The number of rotatable bonds is 8. The molecule has 4 heteroatoms. The molecular formula is C19H27NO3. The average molecular weight is 317 g/mol. The van der Waals surface area contributed by atoms with Crippen molar-refractivity contribution in [1.29, 1.82) is 0 Å². The predicted octanol–water partition coefficient (Wildman–Crippen LogP) is 3.83. The van der Waals surface area contributed by atoms with Gasteiger partial charge in [0.05, 0.1) is 5.41 Å². The van der Waals surface area contributed by atoms with E-state index in [1.165, 1.54) is 5.56 Å². The second kappa shape index (κ2) is 8.51. The van der Waals surface area contributed by atoms with E-state index in [0.717, 1.165) is 5.56 Å². The molecule has 0 aliphatic carbocycles. The number of carbonyl (C=O) groups is 2. The Morgan fingerprint density at radius 1 is 1.22 bits per heavy atom. The minimum Gasteiger partial charge on any atom is -0.481 e. The number of carboxylic acids is 1. The summed E-state index contributed by atoms with van der Waals surface area (Å²) in [6, 6.07) is 8.27. The number of hydrogen-bond donors (Lipinski definition) is 2. The highest BCUT2D eigenvalue weighted by molar-refractivity contribution is 5.78. The Bertz CT molecular complexity index is 556. The summed E-state index contributed by atoms with van der Waals surface area (Å²) < 4.78 is 0. The van der Waals surface area contributed by atoms with E-state index in [4.69, 9.17) is 5.11 Å². The van der Waals surface area contributed by atoms with Crippen molar-refractivity contribution in [2.45, 2.75) is 46.5 Å². The van der Waals surface area contributed by atoms with Crippen LogP contribution in [-0.2, 0) is 9.59 Å². The van der Waals surface area contributed by atoms with Gasteiger partial charge >= 0.3 is 5.97 Å². The minimum absolute atomic E-state index is 0.0961. The zero-order valence-corrected chi connectivity index (χ0v) is 14.4. The summed E-state index contributed by atoms with van der Waals surface area (Å²) in [5.74, 6) is -0.438. The topological polar surface area (TPSA) is 66.4 Å². The van der Waals surface area contributed by atoms with Gasteiger partial charge in [0, 0.05) is 13.0 Å². The summed E-state index contributed by atoms with van der Waals surface area (Å²) in [6.07, 6.45) is 4.45. The van der Waals surface area contributed by atoms with Crippen molar-refractivity contribution in [3.05, 3.63) is 41.5 Å². The molecule has 1 rings (SSSR count). The standard InChI is InChI=1S/C19H27NO3/c1-14(2)16-10-8-15(9-11-16)6-5-7-17(21)20-13-12-19(3,4)18(22)23/h5-6,8-11,14H,7,12-13H2,1-4H3,(H,20,21)(H,22,23)/b6-5+. The molecule has 1 amide bonds. The Hall–Kier alpha value is -2.10. The fraction of sp³-hybridized carbons (Fsp3) is 0.474. The smallest absolute Gasteiger partial charge is 0.309 e. The maximum atomic E-state index is 11.7. The summed E-state index contributed by atoms with van der Waals surface area (Å²) in [7, 11) is 0. The first-order valence-corrected chi connectivity index (χ1v) is 7.99. The maximum absolute atomic E-state index is 11.7. The van der Waals surface area contributed by atoms with Crippen LogP contribution in [0, 0.1) is 5.41 Å². The van der Waals surface area contributed by atoms with Crippen LogP contribution in [0.2, 0.25) is 0 Å². The SMILES string of the molecule is CC(C)c1ccc(/C=C/CC(=O)NCCC(C)(C)C(=O)O)cc1. The Morgan fingerprint density at radius 2 is 1.83 bits per heavy atom. The molecule has 0 saturated carbocycles. The van der Waals surface area contributed by atoms with Crippen LogP contribution in [0.1, 0.15) is 57.6 Å². The Morgan fingerprint density at radius 3 is 2.35 bits per heavy atom. The molecule has 0 atom stereocenters. The highest BCUT2D eigenvalue weighted by atomic mass is 16.4. The molecule has 0 radical (unpaired) electrons. The number of carbonyl (C=O) groups excluding carboxylic acids is 1. The molecule has 0 fully saturated rings. The third kappa shape index (κ3) is 6.68. The number of hydrogen-bond acceptors (Lipinski definition) is 2. The lowest BCUT2D eigenvalue weighted by atomic mass is 9.90. The largest absolute Gasteiger partial charge is 0.481 e. The van der Waals surface area contributed by atoms with E-state index in [2.05, 4.69) is 31.3 Å². The second-order valence-corrected chi connectivity index (χ2v) is 6.72. The van der Waals surface area contributed by atoms with Crippen LogP contribution in [0.5, 0.6) is 0 Å². The van der Waals surface area contributed by atoms with Crippen LogP contribution in [0.25, 0.3) is 6.08 Å². The minimum atomic E-state index is -0.850. The summed E-state index contributed by atoms with van der Waals surface area (Å²) in [4.78, 5) is 22.7. The summed E-state index contributed by atoms with van der Waals surface area (Å²) >= 11 is 0. The van der Waals surface area contributed by atoms with Gasteiger partial charge in [-0.3, -0.25) is 9.59 Å². The molecule has 126 valence electrons. The number of amides is 1. The maximum Gasteiger partial charge on any atom is 0.309 e. The quantitative estimate of drug-likeness (QED) is 0.765. The van der Waals surface area contributed by atoms with Crippen molar-refractivity contribution in [3.8, 4) is 0 Å². The molecule has 0 unspecified atom stereocenters. The van der Waals surface area contributed by atoms with E-state index < -0.39 is 11.4 Å². The molecule has 0 heterocycles. The van der Waals surface area contributed by atoms with Gasteiger partial charge in [0.1, 0.15) is 0 Å². The van der Waals surface area contributed by atoms with Crippen LogP contribution in [-0.4, -0.2) is 23.5 Å². The van der Waals surface area contributed by atoms with E-state index in [-0.39, 0.29) is 5.91 Å². The molecule has 0 saturated heterocycles. The summed E-state index contributed by atoms with van der Waals surface area (Å²) in [5, 5.41) is 11.8. The molecule has 2 N–H and O–H groups in total. The molecule has 23 heavy (non-hydrogen) atoms. The fourth-order valence-corrected chi connectivity index (χ4v) is 1.99. The van der Waals surface area contributed by atoms with E-state index in [9.17, 15) is 9.59 Å². The number of benzene rings is 1. The van der Waals surface area contributed by atoms with Crippen LogP contribution in [0.15, 0.2) is 30.3 Å². The summed E-state index contributed by atoms with van der Waals surface area (Å²) in [6.45, 7) is 7.99. The highest BCUT2D eigenvalue weighted by Gasteiger charge is 2.26. The van der Waals surface area contributed by atoms with Gasteiger partial charge in [0.2, 0.25) is 5.91 Å². The Labute approximate surface area is 138 Å². The monoisotopic (exact) mass is 317 g/mol. The van der Waals surface area contributed by atoms with Crippen LogP contribution < -0.4 is 5.32 Å².